The number of guanidine groups is 1. The van der Waals surface area contributed by atoms with E-state index in [4.69, 9.17) is 0 Å². The van der Waals surface area contributed by atoms with E-state index in [1.807, 2.05) is 0 Å². The summed E-state index contributed by atoms with van der Waals surface area (Å²) in [4.78, 5) is 6.61. The van der Waals surface area contributed by atoms with Gasteiger partial charge in [0, 0.05) is 26.2 Å². The van der Waals surface area contributed by atoms with E-state index in [0.717, 1.165) is 38.6 Å². The maximum atomic E-state index is 4.39. The van der Waals surface area contributed by atoms with E-state index in [1.54, 1.807) is 0 Å². The molecule has 0 amide bonds. The monoisotopic (exact) mass is 340 g/mol. The SMILES string of the molecule is CN(C)CC(C)(C)CNC1=NCCCN1.I. The Morgan fingerprint density at radius 3 is 2.62 bits per heavy atom. The van der Waals surface area contributed by atoms with Crippen molar-refractivity contribution in [1.82, 2.24) is 15.5 Å². The Morgan fingerprint density at radius 1 is 1.44 bits per heavy atom. The van der Waals surface area contributed by atoms with Crippen molar-refractivity contribution in [3.63, 3.8) is 0 Å². The molecule has 5 heteroatoms. The number of hydrogen-bond donors (Lipinski definition) is 2. The highest BCUT2D eigenvalue weighted by Crippen LogP contribution is 2.13. The zero-order valence-corrected chi connectivity index (χ0v) is 13.2. The number of halogens is 1. The first kappa shape index (κ1) is 16.0. The average molecular weight is 340 g/mol. The van der Waals surface area contributed by atoms with Crippen LogP contribution in [-0.2, 0) is 0 Å². The molecule has 0 unspecified atom stereocenters. The summed E-state index contributed by atoms with van der Waals surface area (Å²) in [7, 11) is 4.22. The molecule has 1 aliphatic heterocycles. The number of nitrogens with one attached hydrogen (secondary N) is 2. The molecule has 0 aromatic heterocycles. The molecular weight excluding hydrogens is 315 g/mol. The van der Waals surface area contributed by atoms with Crippen molar-refractivity contribution in [2.24, 2.45) is 10.4 Å². The van der Waals surface area contributed by atoms with Crippen molar-refractivity contribution < 1.29 is 0 Å². The highest BCUT2D eigenvalue weighted by molar-refractivity contribution is 14.0. The van der Waals surface area contributed by atoms with Gasteiger partial charge < -0.3 is 15.5 Å². The van der Waals surface area contributed by atoms with Gasteiger partial charge in [-0.3, -0.25) is 4.99 Å². The van der Waals surface area contributed by atoms with Crippen molar-refractivity contribution in [3.8, 4) is 0 Å². The molecule has 0 radical (unpaired) electrons. The molecule has 16 heavy (non-hydrogen) atoms. The second kappa shape index (κ2) is 7.32. The average Bonchev–Trinajstić information content (AvgIpc) is 2.15. The number of rotatable bonds is 4. The molecule has 0 aromatic rings. The fourth-order valence-corrected chi connectivity index (χ4v) is 1.89. The van der Waals surface area contributed by atoms with Crippen molar-refractivity contribution in [3.05, 3.63) is 0 Å². The van der Waals surface area contributed by atoms with Crippen LogP contribution in [0.25, 0.3) is 0 Å². The molecule has 0 saturated carbocycles. The van der Waals surface area contributed by atoms with Crippen molar-refractivity contribution >= 4 is 29.9 Å². The Kier molecular flexibility index (Phi) is 7.30. The van der Waals surface area contributed by atoms with Crippen molar-refractivity contribution in [2.45, 2.75) is 20.3 Å². The molecule has 0 bridgehead atoms. The van der Waals surface area contributed by atoms with E-state index in [2.05, 4.69) is 48.5 Å². The summed E-state index contributed by atoms with van der Waals surface area (Å²) < 4.78 is 0. The fraction of sp³-hybridized carbons (Fsp3) is 0.909. The van der Waals surface area contributed by atoms with Crippen LogP contribution in [0.3, 0.4) is 0 Å². The summed E-state index contributed by atoms with van der Waals surface area (Å²) in [5.41, 5.74) is 0.269. The topological polar surface area (TPSA) is 39.7 Å². The minimum atomic E-state index is 0. The molecule has 0 saturated heterocycles. The molecule has 0 spiro atoms. The Bertz CT molecular complexity index is 226. The van der Waals surface area contributed by atoms with E-state index < -0.39 is 0 Å². The van der Waals surface area contributed by atoms with Crippen LogP contribution in [0.15, 0.2) is 4.99 Å². The highest BCUT2D eigenvalue weighted by Gasteiger charge is 2.19. The summed E-state index contributed by atoms with van der Waals surface area (Å²) in [6.07, 6.45) is 1.15. The molecule has 2 N–H and O–H groups in total. The second-order valence-corrected chi connectivity index (χ2v) is 5.27. The minimum absolute atomic E-state index is 0. The van der Waals surface area contributed by atoms with E-state index in [-0.39, 0.29) is 29.4 Å². The van der Waals surface area contributed by atoms with E-state index in [0.29, 0.717) is 0 Å². The third kappa shape index (κ3) is 6.52. The maximum absolute atomic E-state index is 4.39. The van der Waals surface area contributed by atoms with Gasteiger partial charge in [-0.15, -0.1) is 24.0 Å². The van der Waals surface area contributed by atoms with Gasteiger partial charge in [-0.25, -0.2) is 0 Å². The third-order valence-corrected chi connectivity index (χ3v) is 2.38. The lowest BCUT2D eigenvalue weighted by Gasteiger charge is -2.29. The fourth-order valence-electron chi connectivity index (χ4n) is 1.89. The quantitative estimate of drug-likeness (QED) is 0.754. The van der Waals surface area contributed by atoms with Crippen LogP contribution >= 0.6 is 24.0 Å². The number of aliphatic imine (C=N–C) groups is 1. The maximum Gasteiger partial charge on any atom is 0.191 e. The summed E-state index contributed by atoms with van der Waals surface area (Å²) in [5, 5.41) is 6.65. The lowest BCUT2D eigenvalue weighted by atomic mass is 9.93. The van der Waals surface area contributed by atoms with E-state index >= 15 is 0 Å². The van der Waals surface area contributed by atoms with Crippen LogP contribution in [0.4, 0.5) is 0 Å². The van der Waals surface area contributed by atoms with Crippen LogP contribution in [-0.4, -0.2) is 51.1 Å². The smallest absolute Gasteiger partial charge is 0.191 e. The molecule has 4 nitrogen and oxygen atoms in total. The second-order valence-electron chi connectivity index (χ2n) is 5.27. The van der Waals surface area contributed by atoms with E-state index in [1.165, 1.54) is 0 Å². The molecule has 0 aromatic carbocycles. The van der Waals surface area contributed by atoms with Crippen LogP contribution in [0.2, 0.25) is 0 Å². The molecule has 1 heterocycles. The van der Waals surface area contributed by atoms with Crippen molar-refractivity contribution in [2.75, 3.05) is 40.3 Å². The van der Waals surface area contributed by atoms with Gasteiger partial charge in [0.15, 0.2) is 5.96 Å². The lowest BCUT2D eigenvalue weighted by Crippen LogP contribution is -2.46. The number of hydrogen-bond acceptors (Lipinski definition) is 4. The Balaban J connectivity index is 0.00000225. The van der Waals surface area contributed by atoms with Crippen molar-refractivity contribution in [1.29, 1.82) is 0 Å². The predicted molar refractivity (Wildman–Crippen MR) is 80.7 cm³/mol. The first-order chi connectivity index (χ1) is 6.99. The van der Waals surface area contributed by atoms with Gasteiger partial charge in [-0.2, -0.15) is 0 Å². The zero-order valence-electron chi connectivity index (χ0n) is 10.8. The summed E-state index contributed by atoms with van der Waals surface area (Å²) in [6.45, 7) is 8.56. The Morgan fingerprint density at radius 2 is 2.12 bits per heavy atom. The molecule has 1 rings (SSSR count). The van der Waals surface area contributed by atoms with Crippen LogP contribution in [0, 0.1) is 5.41 Å². The van der Waals surface area contributed by atoms with Gasteiger partial charge in [0.1, 0.15) is 0 Å². The standard InChI is InChI=1S/C11H24N4.HI/c1-11(2,9-15(3)4)8-14-10-12-6-5-7-13-10;/h5-9H2,1-4H3,(H2,12,13,14);1H. The van der Waals surface area contributed by atoms with Gasteiger partial charge in [-0.1, -0.05) is 13.8 Å². The van der Waals surface area contributed by atoms with Gasteiger partial charge in [0.2, 0.25) is 0 Å². The summed E-state index contributed by atoms with van der Waals surface area (Å²) >= 11 is 0. The predicted octanol–water partition coefficient (Wildman–Crippen LogP) is 1.13. The highest BCUT2D eigenvalue weighted by atomic mass is 127. The third-order valence-electron chi connectivity index (χ3n) is 2.38. The first-order valence-corrected chi connectivity index (χ1v) is 5.66. The number of nitrogens with zero attached hydrogens (tertiary/aromatic N) is 2. The van der Waals surface area contributed by atoms with Crippen LogP contribution in [0.1, 0.15) is 20.3 Å². The lowest BCUT2D eigenvalue weighted by molar-refractivity contribution is 0.241. The molecular formula is C11H25IN4. The van der Waals surface area contributed by atoms with Gasteiger partial charge in [-0.05, 0) is 25.9 Å². The Labute approximate surface area is 116 Å². The molecule has 1 aliphatic rings. The van der Waals surface area contributed by atoms with Crippen LogP contribution < -0.4 is 10.6 Å². The van der Waals surface area contributed by atoms with Gasteiger partial charge in [0.05, 0.1) is 0 Å². The normalized spacial score (nSPS) is 16.2. The van der Waals surface area contributed by atoms with E-state index in [9.17, 15) is 0 Å². The van der Waals surface area contributed by atoms with Gasteiger partial charge >= 0.3 is 0 Å². The Hall–Kier alpha value is -0.0400. The molecule has 0 atom stereocenters. The molecule has 0 fully saturated rings. The molecule has 96 valence electrons. The minimum Gasteiger partial charge on any atom is -0.356 e. The largest absolute Gasteiger partial charge is 0.356 e. The zero-order chi connectivity index (χ0) is 11.3. The summed E-state index contributed by atoms with van der Waals surface area (Å²) in [5.74, 6) is 0.966. The first-order valence-electron chi connectivity index (χ1n) is 5.66. The van der Waals surface area contributed by atoms with Crippen LogP contribution in [0.5, 0.6) is 0 Å². The van der Waals surface area contributed by atoms with Gasteiger partial charge in [0.25, 0.3) is 0 Å². The summed E-state index contributed by atoms with van der Waals surface area (Å²) in [6, 6.07) is 0. The molecule has 0 aliphatic carbocycles.